The van der Waals surface area contributed by atoms with E-state index < -0.39 is 0 Å². The number of pyridine rings is 1. The Morgan fingerprint density at radius 1 is 1.06 bits per heavy atom. The van der Waals surface area contributed by atoms with Crippen LogP contribution in [0.5, 0.6) is 17.4 Å². The summed E-state index contributed by atoms with van der Waals surface area (Å²) in [5.74, 6) is 1.09. The first-order valence-corrected chi connectivity index (χ1v) is 11.0. The fourth-order valence-electron chi connectivity index (χ4n) is 3.79. The summed E-state index contributed by atoms with van der Waals surface area (Å²) in [5, 5.41) is 9.05. The molecule has 1 N–H and O–H groups in total. The molecule has 2 heterocycles. The van der Waals surface area contributed by atoms with E-state index in [1.165, 1.54) is 7.11 Å². The van der Waals surface area contributed by atoms with Gasteiger partial charge in [-0.15, -0.1) is 0 Å². The Morgan fingerprint density at radius 2 is 1.82 bits per heavy atom. The van der Waals surface area contributed by atoms with Crippen LogP contribution in [0.25, 0.3) is 16.7 Å². The molecule has 0 saturated heterocycles. The summed E-state index contributed by atoms with van der Waals surface area (Å²) in [6.45, 7) is 5.62. The monoisotopic (exact) mass is 480 g/mol. The molecule has 8 nitrogen and oxygen atoms in total. The number of hydrogen-bond donors (Lipinski definition) is 1. The Bertz CT molecular complexity index is 1380. The van der Waals surface area contributed by atoms with Gasteiger partial charge >= 0.3 is 0 Å². The van der Waals surface area contributed by atoms with Gasteiger partial charge in [-0.2, -0.15) is 10.1 Å². The van der Waals surface area contributed by atoms with Crippen LogP contribution in [0.2, 0.25) is 5.02 Å². The van der Waals surface area contributed by atoms with Crippen LogP contribution in [-0.4, -0.2) is 41.5 Å². The molecule has 0 spiro atoms. The molecule has 34 heavy (non-hydrogen) atoms. The number of carbonyl (C=O) groups is 1. The van der Waals surface area contributed by atoms with Crippen LogP contribution in [0.15, 0.2) is 42.5 Å². The zero-order chi connectivity index (χ0) is 24.4. The number of halogens is 1. The topological polar surface area (TPSA) is 87.5 Å². The van der Waals surface area contributed by atoms with Crippen molar-refractivity contribution in [2.75, 3.05) is 26.1 Å². The highest BCUT2D eigenvalue weighted by Crippen LogP contribution is 2.31. The molecule has 2 aromatic carbocycles. The van der Waals surface area contributed by atoms with Crippen molar-refractivity contribution in [3.63, 3.8) is 0 Å². The van der Waals surface area contributed by atoms with Crippen molar-refractivity contribution in [1.29, 1.82) is 0 Å². The summed E-state index contributed by atoms with van der Waals surface area (Å²) in [6, 6.07) is 12.6. The van der Waals surface area contributed by atoms with Gasteiger partial charge in [0.15, 0.2) is 23.8 Å². The van der Waals surface area contributed by atoms with Gasteiger partial charge in [-0.3, -0.25) is 4.79 Å². The average molecular weight is 481 g/mol. The molecule has 0 aliphatic heterocycles. The van der Waals surface area contributed by atoms with Gasteiger partial charge in [0.05, 0.1) is 25.6 Å². The molecule has 1 amide bonds. The number of nitrogens with zero attached hydrogens (tertiary/aromatic N) is 3. The zero-order valence-electron chi connectivity index (χ0n) is 19.6. The second-order valence-corrected chi connectivity index (χ2v) is 8.17. The quantitative estimate of drug-likeness (QED) is 0.399. The number of benzene rings is 2. The third-order valence-electron chi connectivity index (χ3n) is 5.47. The maximum Gasteiger partial charge on any atom is 0.262 e. The fourth-order valence-corrected chi connectivity index (χ4v) is 3.96. The van der Waals surface area contributed by atoms with E-state index in [1.54, 1.807) is 36.1 Å². The van der Waals surface area contributed by atoms with E-state index in [9.17, 15) is 4.79 Å². The number of nitrogens with one attached hydrogen (secondary N) is 1. The molecule has 0 fully saturated rings. The van der Waals surface area contributed by atoms with Crippen LogP contribution in [0, 0.1) is 20.8 Å². The first-order chi connectivity index (χ1) is 16.3. The molecule has 4 aromatic rings. The highest BCUT2D eigenvalue weighted by Gasteiger charge is 2.17. The Labute approximate surface area is 202 Å². The average Bonchev–Trinajstić information content (AvgIpc) is 3.15. The standard InChI is InChI=1S/C25H25ClN4O4/c1-14-11-23(34-13-22(31)27-17-9-10-20(32-4)21(12-17)33-5)28-25-24(14)16(3)29-30(25)19-8-6-7-18(26)15(19)2/h6-12H,13H2,1-5H3,(H,27,31). The van der Waals surface area contributed by atoms with Gasteiger partial charge in [0, 0.05) is 28.2 Å². The summed E-state index contributed by atoms with van der Waals surface area (Å²) in [4.78, 5) is 17.1. The lowest BCUT2D eigenvalue weighted by molar-refractivity contribution is -0.118. The predicted molar refractivity (Wildman–Crippen MR) is 132 cm³/mol. The van der Waals surface area contributed by atoms with Crippen molar-refractivity contribution in [3.05, 3.63) is 64.3 Å². The lowest BCUT2D eigenvalue weighted by Crippen LogP contribution is -2.20. The van der Waals surface area contributed by atoms with Crippen LogP contribution in [-0.2, 0) is 4.79 Å². The molecule has 0 unspecified atom stereocenters. The molecule has 4 rings (SSSR count). The summed E-state index contributed by atoms with van der Waals surface area (Å²) < 4.78 is 18.0. The smallest absolute Gasteiger partial charge is 0.262 e. The molecule has 0 aliphatic rings. The second-order valence-electron chi connectivity index (χ2n) is 7.76. The maximum absolute atomic E-state index is 12.5. The van der Waals surface area contributed by atoms with Crippen molar-refractivity contribution in [1.82, 2.24) is 14.8 Å². The Kier molecular flexibility index (Phi) is 6.61. The maximum atomic E-state index is 12.5. The molecule has 0 atom stereocenters. The number of aryl methyl sites for hydroxylation is 2. The number of hydrogen-bond acceptors (Lipinski definition) is 6. The van der Waals surface area contributed by atoms with E-state index in [4.69, 9.17) is 25.8 Å². The molecule has 0 bridgehead atoms. The van der Waals surface area contributed by atoms with Gasteiger partial charge in [0.1, 0.15) is 0 Å². The highest BCUT2D eigenvalue weighted by molar-refractivity contribution is 6.31. The van der Waals surface area contributed by atoms with Crippen LogP contribution >= 0.6 is 11.6 Å². The number of carbonyl (C=O) groups excluding carboxylic acids is 1. The van der Waals surface area contributed by atoms with Gasteiger partial charge in [-0.05, 0) is 56.2 Å². The molecule has 176 valence electrons. The highest BCUT2D eigenvalue weighted by atomic mass is 35.5. The molecule has 2 aromatic heterocycles. The van der Waals surface area contributed by atoms with Crippen molar-refractivity contribution in [3.8, 4) is 23.1 Å². The first-order valence-electron chi connectivity index (χ1n) is 10.6. The second kappa shape index (κ2) is 9.61. The largest absolute Gasteiger partial charge is 0.493 e. The zero-order valence-corrected chi connectivity index (χ0v) is 20.4. The van der Waals surface area contributed by atoms with E-state index in [0.717, 1.165) is 27.9 Å². The molecular formula is C25H25ClN4O4. The lowest BCUT2D eigenvalue weighted by atomic mass is 10.1. The molecule has 0 radical (unpaired) electrons. The van der Waals surface area contributed by atoms with E-state index in [-0.39, 0.29) is 12.5 Å². The molecular weight excluding hydrogens is 456 g/mol. The Balaban J connectivity index is 1.57. The SMILES string of the molecule is COc1ccc(NC(=O)COc2cc(C)c3c(C)nn(-c4cccc(Cl)c4C)c3n2)cc1OC. The van der Waals surface area contributed by atoms with Gasteiger partial charge < -0.3 is 19.5 Å². The van der Waals surface area contributed by atoms with Crippen LogP contribution in [0.3, 0.4) is 0 Å². The van der Waals surface area contributed by atoms with Crippen molar-refractivity contribution in [2.45, 2.75) is 20.8 Å². The van der Waals surface area contributed by atoms with E-state index >= 15 is 0 Å². The fraction of sp³-hybridized carbons (Fsp3) is 0.240. The van der Waals surface area contributed by atoms with Crippen LogP contribution in [0.4, 0.5) is 5.69 Å². The number of amides is 1. The summed E-state index contributed by atoms with van der Waals surface area (Å²) >= 11 is 6.33. The van der Waals surface area contributed by atoms with E-state index in [0.29, 0.717) is 33.7 Å². The van der Waals surface area contributed by atoms with E-state index in [2.05, 4.69) is 15.4 Å². The minimum absolute atomic E-state index is 0.213. The van der Waals surface area contributed by atoms with Gasteiger partial charge in [0.25, 0.3) is 5.91 Å². The van der Waals surface area contributed by atoms with E-state index in [1.807, 2.05) is 39.0 Å². The lowest BCUT2D eigenvalue weighted by Gasteiger charge is -2.12. The Morgan fingerprint density at radius 3 is 2.56 bits per heavy atom. The number of rotatable bonds is 7. The number of aromatic nitrogens is 3. The minimum Gasteiger partial charge on any atom is -0.493 e. The summed E-state index contributed by atoms with van der Waals surface area (Å²) in [7, 11) is 3.09. The third-order valence-corrected chi connectivity index (χ3v) is 5.88. The number of ether oxygens (including phenoxy) is 3. The predicted octanol–water partition coefficient (Wildman–Crippen LogP) is 5.03. The Hall–Kier alpha value is -3.78. The first kappa shape index (κ1) is 23.4. The minimum atomic E-state index is -0.331. The van der Waals surface area contributed by atoms with Crippen LogP contribution < -0.4 is 19.5 Å². The van der Waals surface area contributed by atoms with Crippen molar-refractivity contribution in [2.24, 2.45) is 0 Å². The van der Waals surface area contributed by atoms with Crippen molar-refractivity contribution < 1.29 is 19.0 Å². The third kappa shape index (κ3) is 4.49. The van der Waals surface area contributed by atoms with Gasteiger partial charge in [-0.25, -0.2) is 4.68 Å². The van der Waals surface area contributed by atoms with Crippen LogP contribution in [0.1, 0.15) is 16.8 Å². The van der Waals surface area contributed by atoms with Gasteiger partial charge in [0.2, 0.25) is 5.88 Å². The summed E-state index contributed by atoms with van der Waals surface area (Å²) in [6.07, 6.45) is 0. The van der Waals surface area contributed by atoms with Gasteiger partial charge in [-0.1, -0.05) is 17.7 Å². The molecule has 0 saturated carbocycles. The molecule has 9 heteroatoms. The number of fused-ring (bicyclic) bond motifs is 1. The van der Waals surface area contributed by atoms with Crippen molar-refractivity contribution >= 4 is 34.2 Å². The number of methoxy groups -OCH3 is 2. The molecule has 0 aliphatic carbocycles. The number of anilines is 1. The normalized spacial score (nSPS) is 10.9. The summed E-state index contributed by atoms with van der Waals surface area (Å²) in [5.41, 5.74) is 4.73.